The van der Waals surface area contributed by atoms with Crippen LogP contribution in [0.4, 0.5) is 5.69 Å². The van der Waals surface area contributed by atoms with Crippen LogP contribution in [0.25, 0.3) is 0 Å². The summed E-state index contributed by atoms with van der Waals surface area (Å²) in [5.41, 5.74) is -0.0808. The van der Waals surface area contributed by atoms with Gasteiger partial charge in [-0.15, -0.1) is 0 Å². The van der Waals surface area contributed by atoms with Crippen molar-refractivity contribution in [2.24, 2.45) is 0 Å². The molecule has 0 aromatic heterocycles. The summed E-state index contributed by atoms with van der Waals surface area (Å²) < 4.78 is 5.19. The minimum atomic E-state index is -1.96. The lowest BCUT2D eigenvalue weighted by atomic mass is 10.00. The number of anilines is 1. The molecule has 2 aromatic rings. The van der Waals surface area contributed by atoms with E-state index in [2.05, 4.69) is 4.90 Å². The van der Waals surface area contributed by atoms with Gasteiger partial charge in [0.2, 0.25) is 5.60 Å². The fraction of sp³-hybridized carbons (Fsp3) is 0.391. The number of ether oxygens (including phenoxy) is 1. The summed E-state index contributed by atoms with van der Waals surface area (Å²) in [6.07, 6.45) is 0.117. The largest absolute Gasteiger partial charge is 0.497 e. The van der Waals surface area contributed by atoms with E-state index in [0.717, 1.165) is 12.3 Å². The van der Waals surface area contributed by atoms with Gasteiger partial charge in [-0.2, -0.15) is 0 Å². The molecule has 2 amide bonds. The molecule has 1 atom stereocenters. The molecule has 2 fully saturated rings. The number of amides is 2. The Balaban J connectivity index is 1.35. The first-order chi connectivity index (χ1) is 14.5. The van der Waals surface area contributed by atoms with Crippen LogP contribution >= 0.6 is 0 Å². The Hall–Kier alpha value is -2.90. The predicted molar refractivity (Wildman–Crippen MR) is 113 cm³/mol. The molecule has 2 aliphatic rings. The van der Waals surface area contributed by atoms with Gasteiger partial charge in [-0.3, -0.25) is 14.5 Å². The van der Waals surface area contributed by atoms with Gasteiger partial charge in [-0.25, -0.2) is 0 Å². The molecule has 30 heavy (non-hydrogen) atoms. The zero-order chi connectivity index (χ0) is 21.1. The summed E-state index contributed by atoms with van der Waals surface area (Å²) in [4.78, 5) is 31.3. The number of para-hydroxylation sites is 1. The minimum Gasteiger partial charge on any atom is -0.497 e. The van der Waals surface area contributed by atoms with Crippen molar-refractivity contribution < 1.29 is 19.4 Å². The second-order valence-electron chi connectivity index (χ2n) is 7.82. The zero-order valence-electron chi connectivity index (χ0n) is 17.2. The summed E-state index contributed by atoms with van der Waals surface area (Å²) in [5, 5.41) is 11.0. The number of hydrogen-bond donors (Lipinski definition) is 1. The summed E-state index contributed by atoms with van der Waals surface area (Å²) in [6.45, 7) is 3.51. The van der Waals surface area contributed by atoms with Gasteiger partial charge >= 0.3 is 0 Å². The number of aliphatic hydroxyl groups is 1. The molecule has 158 valence electrons. The van der Waals surface area contributed by atoms with E-state index in [9.17, 15) is 14.7 Å². The Kier molecular flexibility index (Phi) is 5.74. The molecule has 0 saturated carbocycles. The Labute approximate surface area is 176 Å². The Morgan fingerprint density at radius 3 is 2.30 bits per heavy atom. The molecular formula is C23H27N3O4. The van der Waals surface area contributed by atoms with Crippen LogP contribution < -0.4 is 9.64 Å². The monoisotopic (exact) mass is 409 g/mol. The number of piperazine rings is 1. The third-order valence-electron chi connectivity index (χ3n) is 5.94. The lowest BCUT2D eigenvalue weighted by molar-refractivity contribution is -0.158. The fourth-order valence-electron chi connectivity index (χ4n) is 4.12. The van der Waals surface area contributed by atoms with E-state index in [-0.39, 0.29) is 6.42 Å². The average Bonchev–Trinajstić information content (AvgIpc) is 3.10. The van der Waals surface area contributed by atoms with Crippen molar-refractivity contribution in [2.45, 2.75) is 18.6 Å². The topological polar surface area (TPSA) is 73.3 Å². The van der Waals surface area contributed by atoms with Crippen LogP contribution in [0.5, 0.6) is 5.75 Å². The van der Waals surface area contributed by atoms with Gasteiger partial charge in [0.25, 0.3) is 11.8 Å². The van der Waals surface area contributed by atoms with E-state index in [1.165, 1.54) is 10.5 Å². The first-order valence-corrected chi connectivity index (χ1v) is 10.3. The minimum absolute atomic E-state index is 0.117. The second kappa shape index (κ2) is 8.45. The third-order valence-corrected chi connectivity index (χ3v) is 5.94. The molecule has 0 aliphatic carbocycles. The zero-order valence-corrected chi connectivity index (χ0v) is 17.2. The smallest absolute Gasteiger partial charge is 0.268 e. The standard InChI is InChI=1S/C23H27N3O4/c1-30-20-9-7-18(8-10-20)17-24-13-15-25(16-14-24)21(27)23(29)11-12-26(22(23)28)19-5-3-2-4-6-19/h2-10,29H,11-17H2,1H3. The normalized spacial score (nSPS) is 22.4. The van der Waals surface area contributed by atoms with E-state index < -0.39 is 17.4 Å². The molecule has 7 heteroatoms. The molecule has 2 heterocycles. The van der Waals surface area contributed by atoms with Crippen LogP contribution in [0.2, 0.25) is 0 Å². The summed E-state index contributed by atoms with van der Waals surface area (Å²) in [7, 11) is 1.65. The van der Waals surface area contributed by atoms with Crippen molar-refractivity contribution in [3.05, 3.63) is 60.2 Å². The van der Waals surface area contributed by atoms with Crippen molar-refractivity contribution in [3.63, 3.8) is 0 Å². The van der Waals surface area contributed by atoms with E-state index >= 15 is 0 Å². The fourth-order valence-corrected chi connectivity index (χ4v) is 4.12. The van der Waals surface area contributed by atoms with Crippen molar-refractivity contribution >= 4 is 17.5 Å². The van der Waals surface area contributed by atoms with Gasteiger partial charge in [-0.05, 0) is 29.8 Å². The van der Waals surface area contributed by atoms with Gasteiger partial charge < -0.3 is 19.6 Å². The van der Waals surface area contributed by atoms with Crippen molar-refractivity contribution in [1.29, 1.82) is 0 Å². The van der Waals surface area contributed by atoms with Crippen LogP contribution in [-0.4, -0.2) is 72.2 Å². The molecular weight excluding hydrogens is 382 g/mol. The first kappa shape index (κ1) is 20.4. The SMILES string of the molecule is COc1ccc(CN2CCN(C(=O)C3(O)CCN(c4ccccc4)C3=O)CC2)cc1. The van der Waals surface area contributed by atoms with Crippen molar-refractivity contribution in [1.82, 2.24) is 9.80 Å². The highest BCUT2D eigenvalue weighted by molar-refractivity contribution is 6.16. The molecule has 1 N–H and O–H groups in total. The lowest BCUT2D eigenvalue weighted by Gasteiger charge is -2.37. The van der Waals surface area contributed by atoms with Crippen molar-refractivity contribution in [3.8, 4) is 5.75 Å². The van der Waals surface area contributed by atoms with Crippen LogP contribution in [-0.2, 0) is 16.1 Å². The summed E-state index contributed by atoms with van der Waals surface area (Å²) in [5.74, 6) is -0.178. The van der Waals surface area contributed by atoms with Gasteiger partial charge in [0.15, 0.2) is 0 Å². The lowest BCUT2D eigenvalue weighted by Crippen LogP contribution is -2.58. The molecule has 4 rings (SSSR count). The van der Waals surface area contributed by atoms with E-state index in [0.29, 0.717) is 38.4 Å². The highest BCUT2D eigenvalue weighted by atomic mass is 16.5. The van der Waals surface area contributed by atoms with E-state index in [4.69, 9.17) is 4.74 Å². The number of methoxy groups -OCH3 is 1. The van der Waals surface area contributed by atoms with Gasteiger partial charge in [0, 0.05) is 51.4 Å². The number of hydrogen-bond acceptors (Lipinski definition) is 5. The van der Waals surface area contributed by atoms with Crippen LogP contribution in [0.1, 0.15) is 12.0 Å². The predicted octanol–water partition coefficient (Wildman–Crippen LogP) is 1.51. The Morgan fingerprint density at radius 1 is 1.00 bits per heavy atom. The van der Waals surface area contributed by atoms with Crippen LogP contribution in [0.15, 0.2) is 54.6 Å². The molecule has 2 aliphatic heterocycles. The quantitative estimate of drug-likeness (QED) is 0.758. The molecule has 7 nitrogen and oxygen atoms in total. The summed E-state index contributed by atoms with van der Waals surface area (Å²) >= 11 is 0. The molecule has 0 spiro atoms. The van der Waals surface area contributed by atoms with Crippen molar-refractivity contribution in [2.75, 3.05) is 44.7 Å². The first-order valence-electron chi connectivity index (χ1n) is 10.3. The number of benzene rings is 2. The molecule has 2 saturated heterocycles. The average molecular weight is 409 g/mol. The maximum absolute atomic E-state index is 13.0. The van der Waals surface area contributed by atoms with Gasteiger partial charge in [-0.1, -0.05) is 30.3 Å². The summed E-state index contributed by atoms with van der Waals surface area (Å²) in [6, 6.07) is 17.1. The highest BCUT2D eigenvalue weighted by Crippen LogP contribution is 2.30. The number of carbonyl (C=O) groups excluding carboxylic acids is 2. The molecule has 0 bridgehead atoms. The Bertz CT molecular complexity index is 894. The molecule has 1 unspecified atom stereocenters. The Morgan fingerprint density at radius 2 is 1.67 bits per heavy atom. The number of nitrogens with zero attached hydrogens (tertiary/aromatic N) is 3. The van der Waals surface area contributed by atoms with Gasteiger partial charge in [0.05, 0.1) is 7.11 Å². The molecule has 2 aromatic carbocycles. The van der Waals surface area contributed by atoms with E-state index in [1.54, 1.807) is 12.0 Å². The highest BCUT2D eigenvalue weighted by Gasteiger charge is 2.53. The second-order valence-corrected chi connectivity index (χ2v) is 7.82. The van der Waals surface area contributed by atoms with Crippen LogP contribution in [0.3, 0.4) is 0 Å². The third kappa shape index (κ3) is 3.91. The van der Waals surface area contributed by atoms with Gasteiger partial charge in [0.1, 0.15) is 5.75 Å². The van der Waals surface area contributed by atoms with E-state index in [1.807, 2.05) is 54.6 Å². The number of carbonyl (C=O) groups is 2. The molecule has 0 radical (unpaired) electrons. The number of rotatable bonds is 5. The maximum atomic E-state index is 13.0. The maximum Gasteiger partial charge on any atom is 0.268 e. The van der Waals surface area contributed by atoms with Crippen LogP contribution in [0, 0.1) is 0 Å².